The van der Waals surface area contributed by atoms with Crippen LogP contribution in [-0.4, -0.2) is 30.6 Å². The second-order valence-corrected chi connectivity index (χ2v) is 8.54. The van der Waals surface area contributed by atoms with Gasteiger partial charge in [0.15, 0.2) is 11.6 Å². The van der Waals surface area contributed by atoms with E-state index < -0.39 is 44.4 Å². The molecule has 172 valence electrons. The number of anilines is 1. The van der Waals surface area contributed by atoms with Gasteiger partial charge >= 0.3 is 10.2 Å². The van der Waals surface area contributed by atoms with Crippen molar-refractivity contribution in [2.45, 2.75) is 11.3 Å². The number of halogens is 7. The number of amides is 1. The molecule has 0 saturated carbocycles. The lowest BCUT2D eigenvalue weighted by Gasteiger charge is -2.40. The van der Waals surface area contributed by atoms with E-state index in [0.717, 1.165) is 23.3 Å². The summed E-state index contributed by atoms with van der Waals surface area (Å²) < 4.78 is 92.5. The molecule has 0 unspecified atom stereocenters. The molecule has 3 aromatic rings. The molecule has 32 heavy (non-hydrogen) atoms. The van der Waals surface area contributed by atoms with Crippen molar-refractivity contribution in [3.05, 3.63) is 54.8 Å². The summed E-state index contributed by atoms with van der Waals surface area (Å²) in [7, 11) is -10.2. The Morgan fingerprint density at radius 2 is 1.81 bits per heavy atom. The van der Waals surface area contributed by atoms with Crippen molar-refractivity contribution in [3.8, 4) is 11.4 Å². The standard InChI is InChI=1S/C16H12F7N7OS/c17-15(18)10-5-11(7-12(6-10)32(19,20,21,22)23)16-26-9-30(29-16)4-1-14(31)28-27-13-8-24-2-3-25-13/h1-9,15H,(H,25,27)(H,28,31)/b4-1-. The number of aromatic nitrogens is 5. The molecule has 0 atom stereocenters. The highest BCUT2D eigenvalue weighted by molar-refractivity contribution is 8.45. The van der Waals surface area contributed by atoms with E-state index in [1.807, 2.05) is 0 Å². The van der Waals surface area contributed by atoms with E-state index in [4.69, 9.17) is 0 Å². The van der Waals surface area contributed by atoms with Gasteiger partial charge in [0.2, 0.25) is 0 Å². The first-order valence-corrected chi connectivity index (χ1v) is 10.3. The first-order valence-electron chi connectivity index (χ1n) is 8.30. The molecule has 0 spiro atoms. The van der Waals surface area contributed by atoms with E-state index in [9.17, 15) is 33.0 Å². The lowest BCUT2D eigenvalue weighted by atomic mass is 10.1. The second kappa shape index (κ2) is 7.47. The van der Waals surface area contributed by atoms with Gasteiger partial charge in [0.1, 0.15) is 11.2 Å². The molecule has 0 saturated heterocycles. The summed E-state index contributed by atoms with van der Waals surface area (Å²) >= 11 is 0. The minimum Gasteiger partial charge on any atom is -0.280 e. The summed E-state index contributed by atoms with van der Waals surface area (Å²) in [5.41, 5.74) is 2.70. The Labute approximate surface area is 174 Å². The van der Waals surface area contributed by atoms with Gasteiger partial charge in [0.25, 0.3) is 12.3 Å². The van der Waals surface area contributed by atoms with Gasteiger partial charge in [0, 0.05) is 35.8 Å². The number of hydrogen-bond acceptors (Lipinski definition) is 6. The predicted octanol–water partition coefficient (Wildman–Crippen LogP) is 4.94. The average Bonchev–Trinajstić information content (AvgIpc) is 3.18. The van der Waals surface area contributed by atoms with E-state index in [1.165, 1.54) is 18.6 Å². The summed E-state index contributed by atoms with van der Waals surface area (Å²) in [6.45, 7) is 0. The fraction of sp³-hybridized carbons (Fsp3) is 0.0625. The van der Waals surface area contributed by atoms with Crippen LogP contribution in [0.3, 0.4) is 0 Å². The van der Waals surface area contributed by atoms with Crippen molar-refractivity contribution >= 4 is 28.1 Å². The van der Waals surface area contributed by atoms with Gasteiger partial charge < -0.3 is 0 Å². The Bertz CT molecular complexity index is 1170. The van der Waals surface area contributed by atoms with Crippen molar-refractivity contribution in [1.82, 2.24) is 30.2 Å². The molecule has 2 N–H and O–H groups in total. The van der Waals surface area contributed by atoms with Crippen LogP contribution in [-0.2, 0) is 4.79 Å². The lowest BCUT2D eigenvalue weighted by Crippen LogP contribution is -2.28. The molecule has 0 fully saturated rings. The molecular weight excluding hydrogens is 471 g/mol. The monoisotopic (exact) mass is 483 g/mol. The Kier molecular flexibility index (Phi) is 5.36. The zero-order valence-electron chi connectivity index (χ0n) is 15.5. The van der Waals surface area contributed by atoms with Crippen LogP contribution in [0, 0.1) is 0 Å². The number of hydrogen-bond donors (Lipinski definition) is 2. The first kappa shape index (κ1) is 23.0. The number of hydrazine groups is 1. The van der Waals surface area contributed by atoms with Gasteiger partial charge in [-0.1, -0.05) is 19.4 Å². The zero-order valence-corrected chi connectivity index (χ0v) is 16.3. The van der Waals surface area contributed by atoms with Gasteiger partial charge in [-0.2, -0.15) is 0 Å². The quantitative estimate of drug-likeness (QED) is 0.281. The number of nitrogens with one attached hydrogen (secondary N) is 2. The van der Waals surface area contributed by atoms with E-state index in [-0.39, 0.29) is 18.0 Å². The largest absolute Gasteiger partial charge is 0.310 e. The third kappa shape index (κ3) is 5.93. The molecule has 2 heterocycles. The van der Waals surface area contributed by atoms with Gasteiger partial charge in [-0.05, 0) is 18.2 Å². The first-order chi connectivity index (χ1) is 14.7. The van der Waals surface area contributed by atoms with E-state index >= 15 is 0 Å². The molecule has 1 amide bonds. The van der Waals surface area contributed by atoms with Gasteiger partial charge in [-0.15, -0.1) is 5.10 Å². The SMILES string of the molecule is O=C(/C=C\n1cnc(-c2cc(C(F)F)cc(S(F)(F)(F)(F)F)c2)n1)NNc1cnccn1. The minimum absolute atomic E-state index is 0.00561. The number of carbonyl (C=O) groups excluding carboxylic acids is 1. The summed E-state index contributed by atoms with van der Waals surface area (Å²) in [4.78, 5) is 20.5. The fourth-order valence-electron chi connectivity index (χ4n) is 2.25. The van der Waals surface area contributed by atoms with E-state index in [2.05, 4.69) is 30.9 Å². The van der Waals surface area contributed by atoms with Crippen LogP contribution in [0.25, 0.3) is 17.6 Å². The van der Waals surface area contributed by atoms with Crippen LogP contribution >= 0.6 is 10.2 Å². The van der Waals surface area contributed by atoms with E-state index in [1.54, 1.807) is 0 Å². The van der Waals surface area contributed by atoms with E-state index in [0.29, 0.717) is 6.07 Å². The minimum atomic E-state index is -10.2. The maximum atomic E-state index is 13.1. The number of benzene rings is 1. The predicted molar refractivity (Wildman–Crippen MR) is 101 cm³/mol. The number of nitrogens with zero attached hydrogens (tertiary/aromatic N) is 5. The van der Waals surface area contributed by atoms with Gasteiger partial charge in [-0.25, -0.2) is 23.4 Å². The molecular formula is C16H12F7N7OS. The highest BCUT2D eigenvalue weighted by Gasteiger charge is 2.65. The van der Waals surface area contributed by atoms with Gasteiger partial charge in [0.05, 0.1) is 6.20 Å². The second-order valence-electron chi connectivity index (χ2n) is 6.13. The summed E-state index contributed by atoms with van der Waals surface area (Å²) in [6, 6.07) is 0.258. The molecule has 1 aromatic carbocycles. The smallest absolute Gasteiger partial charge is 0.280 e. The van der Waals surface area contributed by atoms with Crippen LogP contribution in [0.5, 0.6) is 0 Å². The van der Waals surface area contributed by atoms with Gasteiger partial charge in [-0.3, -0.25) is 20.6 Å². The van der Waals surface area contributed by atoms with Crippen LogP contribution in [0.2, 0.25) is 0 Å². The van der Waals surface area contributed by atoms with Crippen molar-refractivity contribution in [2.75, 3.05) is 5.43 Å². The number of alkyl halides is 2. The molecule has 0 aliphatic rings. The lowest BCUT2D eigenvalue weighted by molar-refractivity contribution is -0.116. The maximum absolute atomic E-state index is 13.1. The molecule has 3 rings (SSSR count). The fourth-order valence-corrected chi connectivity index (χ4v) is 2.96. The zero-order chi connectivity index (χ0) is 23.6. The molecule has 0 radical (unpaired) electrons. The highest BCUT2D eigenvalue weighted by Crippen LogP contribution is 3.02. The normalized spacial score (nSPS) is 14.2. The van der Waals surface area contributed by atoms with Crippen molar-refractivity contribution in [3.63, 3.8) is 0 Å². The summed E-state index contributed by atoms with van der Waals surface area (Å²) in [5.74, 6) is -1.01. The Morgan fingerprint density at radius 3 is 2.44 bits per heavy atom. The van der Waals surface area contributed by atoms with Crippen molar-refractivity contribution in [1.29, 1.82) is 0 Å². The third-order valence-electron chi connectivity index (χ3n) is 3.65. The van der Waals surface area contributed by atoms with Crippen LogP contribution in [0.1, 0.15) is 12.0 Å². The molecule has 0 aliphatic carbocycles. The number of carbonyl (C=O) groups is 1. The summed E-state index contributed by atoms with van der Waals surface area (Å²) in [5, 5.41) is 3.69. The molecule has 0 bridgehead atoms. The highest BCUT2D eigenvalue weighted by atomic mass is 32.5. The van der Waals surface area contributed by atoms with Crippen LogP contribution in [0.15, 0.2) is 54.1 Å². The average molecular weight is 483 g/mol. The maximum Gasteiger partial charge on any atom is 0.310 e. The van der Waals surface area contributed by atoms with Crippen molar-refractivity contribution in [2.24, 2.45) is 0 Å². The summed E-state index contributed by atoms with van der Waals surface area (Å²) in [6.07, 6.45) is 3.56. The molecule has 16 heteroatoms. The van der Waals surface area contributed by atoms with Crippen LogP contribution in [0.4, 0.5) is 34.0 Å². The Balaban J connectivity index is 1.81. The topological polar surface area (TPSA) is 97.6 Å². The Morgan fingerprint density at radius 1 is 1.06 bits per heavy atom. The van der Waals surface area contributed by atoms with Crippen LogP contribution < -0.4 is 10.9 Å². The number of rotatable bonds is 7. The van der Waals surface area contributed by atoms with Crippen molar-refractivity contribution < 1.29 is 33.0 Å². The molecule has 8 nitrogen and oxygen atoms in total. The molecule has 0 aliphatic heterocycles. The molecule has 2 aromatic heterocycles. The third-order valence-corrected chi connectivity index (χ3v) is 4.78. The Hall–Kier alpha value is -3.69.